The van der Waals surface area contributed by atoms with E-state index < -0.39 is 11.9 Å². The summed E-state index contributed by atoms with van der Waals surface area (Å²) in [5.74, 6) is 0.574. The lowest BCUT2D eigenvalue weighted by atomic mass is 10.1. The first-order valence-corrected chi connectivity index (χ1v) is 7.83. The molecule has 2 aromatic rings. The molecule has 144 valence electrons. The van der Waals surface area contributed by atoms with Gasteiger partial charge in [0.05, 0.1) is 27.3 Å². The van der Waals surface area contributed by atoms with E-state index in [0.717, 1.165) is 0 Å². The van der Waals surface area contributed by atoms with Crippen molar-refractivity contribution >= 4 is 11.9 Å². The number of ether oxygens (including phenoxy) is 2. The van der Waals surface area contributed by atoms with Crippen LogP contribution in [0.3, 0.4) is 0 Å². The average molecular weight is 385 g/mol. The van der Waals surface area contributed by atoms with Gasteiger partial charge in [0.2, 0.25) is 11.5 Å². The van der Waals surface area contributed by atoms with Crippen molar-refractivity contribution in [2.45, 2.75) is 39.4 Å². The van der Waals surface area contributed by atoms with E-state index in [1.165, 1.54) is 14.2 Å². The smallest absolute Gasteiger partial charge is 0.373 e. The van der Waals surface area contributed by atoms with Gasteiger partial charge in [0.15, 0.2) is 0 Å². The average Bonchev–Trinajstić information content (AvgIpc) is 3.21. The van der Waals surface area contributed by atoms with Gasteiger partial charge in [-0.1, -0.05) is 0 Å². The fraction of sp³-hybridized carbons (Fsp3) is 0.444. The highest BCUT2D eigenvalue weighted by Crippen LogP contribution is 2.23. The van der Waals surface area contributed by atoms with Crippen LogP contribution >= 0.6 is 0 Å². The maximum atomic E-state index is 11.5. The molecular formula is C18H23ClNO6-. The summed E-state index contributed by atoms with van der Waals surface area (Å²) in [6.07, 6.45) is 0. The van der Waals surface area contributed by atoms with Crippen LogP contribution in [0.2, 0.25) is 0 Å². The summed E-state index contributed by atoms with van der Waals surface area (Å²) in [4.78, 5) is 25.1. The van der Waals surface area contributed by atoms with E-state index in [9.17, 15) is 9.59 Å². The van der Waals surface area contributed by atoms with Gasteiger partial charge < -0.3 is 30.7 Å². The van der Waals surface area contributed by atoms with Crippen LogP contribution in [0.4, 0.5) is 0 Å². The van der Waals surface area contributed by atoms with Gasteiger partial charge in [-0.05, 0) is 45.0 Å². The van der Waals surface area contributed by atoms with Crippen LogP contribution in [-0.4, -0.2) is 36.6 Å². The molecule has 0 saturated carbocycles. The van der Waals surface area contributed by atoms with Crippen molar-refractivity contribution in [3.05, 3.63) is 47.3 Å². The second-order valence-electron chi connectivity index (χ2n) is 6.54. The second kappa shape index (κ2) is 8.91. The second-order valence-corrected chi connectivity index (χ2v) is 6.54. The molecule has 0 N–H and O–H groups in total. The molecule has 0 amide bonds. The lowest BCUT2D eigenvalue weighted by Crippen LogP contribution is -3.00. The number of nitrogens with zero attached hydrogens (tertiary/aromatic N) is 1. The minimum Gasteiger partial charge on any atom is -1.00 e. The van der Waals surface area contributed by atoms with Gasteiger partial charge in [0, 0.05) is 5.54 Å². The molecule has 2 heterocycles. The number of esters is 2. The standard InChI is InChI=1S/C18H23NO6.ClH/c1-18(2,3)19(10-12-6-8-14(24-12)16(20)22-4)11-13-7-9-15(25-13)17(21)23-5;/h6-9H,10-11H2,1-5H3;1H/p-1. The fourth-order valence-electron chi connectivity index (χ4n) is 2.25. The molecule has 0 bridgehead atoms. The summed E-state index contributed by atoms with van der Waals surface area (Å²) in [5, 5.41) is 0. The minimum atomic E-state index is -0.512. The van der Waals surface area contributed by atoms with Gasteiger partial charge in [-0.25, -0.2) is 9.59 Å². The summed E-state index contributed by atoms with van der Waals surface area (Å²) in [6.45, 7) is 7.10. The Morgan fingerprint density at radius 3 is 1.58 bits per heavy atom. The Hall–Kier alpha value is -2.25. The Bertz CT molecular complexity index is 687. The molecule has 26 heavy (non-hydrogen) atoms. The first-order valence-electron chi connectivity index (χ1n) is 7.83. The highest BCUT2D eigenvalue weighted by molar-refractivity contribution is 5.86. The molecular weight excluding hydrogens is 362 g/mol. The van der Waals surface area contributed by atoms with Crippen molar-refractivity contribution in [3.63, 3.8) is 0 Å². The number of hydrogen-bond donors (Lipinski definition) is 0. The third-order valence-electron chi connectivity index (χ3n) is 3.74. The predicted octanol–water partition coefficient (Wildman–Crippen LogP) is 0.251. The largest absolute Gasteiger partial charge is 1.00 e. The van der Waals surface area contributed by atoms with E-state index >= 15 is 0 Å². The third kappa shape index (κ3) is 5.37. The molecule has 0 aliphatic carbocycles. The number of carbonyl (C=O) groups is 2. The van der Waals surface area contributed by atoms with E-state index in [1.807, 2.05) is 0 Å². The van der Waals surface area contributed by atoms with Gasteiger partial charge in [0.1, 0.15) is 11.5 Å². The molecule has 0 aliphatic heterocycles. The summed E-state index contributed by atoms with van der Waals surface area (Å²) >= 11 is 0. The molecule has 0 fully saturated rings. The highest BCUT2D eigenvalue weighted by Gasteiger charge is 2.25. The monoisotopic (exact) mass is 384 g/mol. The summed E-state index contributed by atoms with van der Waals surface area (Å²) in [7, 11) is 2.61. The Morgan fingerprint density at radius 2 is 1.27 bits per heavy atom. The van der Waals surface area contributed by atoms with Crippen molar-refractivity contribution in [1.82, 2.24) is 4.90 Å². The SMILES string of the molecule is COC(=O)c1ccc(CN(Cc2ccc(C(=O)OC)o2)C(C)(C)C)o1.[Cl-]. The van der Waals surface area contributed by atoms with Gasteiger partial charge in [-0.3, -0.25) is 4.90 Å². The molecule has 0 saturated heterocycles. The Labute approximate surface area is 158 Å². The van der Waals surface area contributed by atoms with E-state index in [0.29, 0.717) is 24.6 Å². The van der Waals surface area contributed by atoms with Gasteiger partial charge in [-0.15, -0.1) is 0 Å². The topological polar surface area (TPSA) is 82.1 Å². The minimum absolute atomic E-state index is 0. The van der Waals surface area contributed by atoms with Crippen LogP contribution in [-0.2, 0) is 22.6 Å². The van der Waals surface area contributed by atoms with Gasteiger partial charge >= 0.3 is 11.9 Å². The van der Waals surface area contributed by atoms with Crippen LogP contribution in [0.1, 0.15) is 53.4 Å². The van der Waals surface area contributed by atoms with Crippen LogP contribution in [0.5, 0.6) is 0 Å². The summed E-state index contributed by atoms with van der Waals surface area (Å²) < 4.78 is 20.4. The number of furan rings is 2. The number of halogens is 1. The molecule has 0 aliphatic rings. The zero-order valence-electron chi connectivity index (χ0n) is 15.5. The molecule has 2 rings (SSSR count). The van der Waals surface area contributed by atoms with Crippen molar-refractivity contribution in [3.8, 4) is 0 Å². The van der Waals surface area contributed by atoms with E-state index in [4.69, 9.17) is 8.83 Å². The van der Waals surface area contributed by atoms with Crippen molar-refractivity contribution < 1.29 is 40.3 Å². The molecule has 0 atom stereocenters. The number of hydrogen-bond acceptors (Lipinski definition) is 7. The van der Waals surface area contributed by atoms with Crippen LogP contribution < -0.4 is 12.4 Å². The fourth-order valence-corrected chi connectivity index (χ4v) is 2.25. The highest BCUT2D eigenvalue weighted by atomic mass is 35.5. The number of rotatable bonds is 6. The summed E-state index contributed by atoms with van der Waals surface area (Å²) in [5.41, 5.74) is -0.198. The predicted molar refractivity (Wildman–Crippen MR) is 89.1 cm³/mol. The zero-order valence-corrected chi connectivity index (χ0v) is 16.3. The Kier molecular flexibility index (Phi) is 7.47. The molecule has 7 nitrogen and oxygen atoms in total. The van der Waals surface area contributed by atoms with Crippen molar-refractivity contribution in [2.24, 2.45) is 0 Å². The molecule has 8 heteroatoms. The van der Waals surface area contributed by atoms with Gasteiger partial charge in [0.25, 0.3) is 0 Å². The van der Waals surface area contributed by atoms with E-state index in [-0.39, 0.29) is 29.5 Å². The molecule has 0 unspecified atom stereocenters. The number of methoxy groups -OCH3 is 2. The zero-order chi connectivity index (χ0) is 18.6. The third-order valence-corrected chi connectivity index (χ3v) is 3.74. The van der Waals surface area contributed by atoms with Crippen LogP contribution in [0.15, 0.2) is 33.1 Å². The van der Waals surface area contributed by atoms with E-state index in [1.54, 1.807) is 24.3 Å². The normalized spacial score (nSPS) is 11.2. The maximum Gasteiger partial charge on any atom is 0.373 e. The molecule has 2 aromatic heterocycles. The maximum absolute atomic E-state index is 11.5. The van der Waals surface area contributed by atoms with Crippen molar-refractivity contribution in [1.29, 1.82) is 0 Å². The van der Waals surface area contributed by atoms with Crippen molar-refractivity contribution in [2.75, 3.05) is 14.2 Å². The van der Waals surface area contributed by atoms with Gasteiger partial charge in [-0.2, -0.15) is 0 Å². The first-order chi connectivity index (χ1) is 11.7. The quantitative estimate of drug-likeness (QED) is 0.660. The van der Waals surface area contributed by atoms with E-state index in [2.05, 4.69) is 35.1 Å². The molecule has 0 aromatic carbocycles. The molecule has 0 spiro atoms. The lowest BCUT2D eigenvalue weighted by Gasteiger charge is -2.34. The Morgan fingerprint density at radius 1 is 0.885 bits per heavy atom. The number of carbonyl (C=O) groups excluding carboxylic acids is 2. The summed E-state index contributed by atoms with van der Waals surface area (Å²) in [6, 6.07) is 6.66. The van der Waals surface area contributed by atoms with Crippen LogP contribution in [0.25, 0.3) is 0 Å². The molecule has 0 radical (unpaired) electrons. The Balaban J connectivity index is 0.00000338. The van der Waals surface area contributed by atoms with Crippen LogP contribution in [0, 0.1) is 0 Å². The lowest BCUT2D eigenvalue weighted by molar-refractivity contribution is -0.0000349. The first kappa shape index (κ1) is 21.8.